The molecule has 1 rings (SSSR count). The summed E-state index contributed by atoms with van der Waals surface area (Å²) >= 11 is 0. The van der Waals surface area contributed by atoms with Crippen LogP contribution in [0.4, 0.5) is 0 Å². The monoisotopic (exact) mass is 241 g/mol. The van der Waals surface area contributed by atoms with Crippen molar-refractivity contribution in [2.75, 3.05) is 20.1 Å². The highest BCUT2D eigenvalue weighted by atomic mass is 16.2. The van der Waals surface area contributed by atoms with Gasteiger partial charge in [-0.2, -0.15) is 0 Å². The number of hydrogen-bond donors (Lipinski definition) is 2. The molecule has 2 atom stereocenters. The third kappa shape index (κ3) is 4.28. The molecule has 0 spiro atoms. The summed E-state index contributed by atoms with van der Waals surface area (Å²) in [6, 6.07) is 0.704. The van der Waals surface area contributed by atoms with Crippen molar-refractivity contribution in [3.8, 4) is 0 Å². The highest BCUT2D eigenvalue weighted by molar-refractivity contribution is 5.81. The topological polar surface area (TPSA) is 44.4 Å². The van der Waals surface area contributed by atoms with Gasteiger partial charge >= 0.3 is 0 Å². The number of carbonyl (C=O) groups excluding carboxylic acids is 1. The van der Waals surface area contributed by atoms with E-state index in [4.69, 9.17) is 0 Å². The summed E-state index contributed by atoms with van der Waals surface area (Å²) in [4.78, 5) is 14.4. The van der Waals surface area contributed by atoms with E-state index in [2.05, 4.69) is 15.5 Å². The third-order valence-corrected chi connectivity index (χ3v) is 3.42. The lowest BCUT2D eigenvalue weighted by Gasteiger charge is -2.39. The molecule has 1 aliphatic rings. The highest BCUT2D eigenvalue weighted by Gasteiger charge is 2.29. The summed E-state index contributed by atoms with van der Waals surface area (Å²) in [6.45, 7) is 8.04. The predicted octanol–water partition coefficient (Wildman–Crippen LogP) is 0.973. The molecule has 0 aromatic carbocycles. The van der Waals surface area contributed by atoms with Gasteiger partial charge < -0.3 is 10.6 Å². The van der Waals surface area contributed by atoms with Crippen molar-refractivity contribution >= 4 is 5.91 Å². The van der Waals surface area contributed by atoms with Gasteiger partial charge in [-0.3, -0.25) is 9.69 Å². The molecular weight excluding hydrogens is 214 g/mol. The number of piperidine rings is 1. The summed E-state index contributed by atoms with van der Waals surface area (Å²) in [5.74, 6) is 0.156. The fourth-order valence-electron chi connectivity index (χ4n) is 2.54. The number of nitrogens with one attached hydrogen (secondary N) is 2. The summed E-state index contributed by atoms with van der Waals surface area (Å²) < 4.78 is 0. The molecule has 100 valence electrons. The maximum absolute atomic E-state index is 12.0. The van der Waals surface area contributed by atoms with Crippen LogP contribution in [-0.2, 0) is 4.79 Å². The molecule has 1 heterocycles. The Balaban J connectivity index is 2.57. The Kier molecular flexibility index (Phi) is 5.92. The zero-order valence-corrected chi connectivity index (χ0v) is 11.6. The first kappa shape index (κ1) is 14.5. The van der Waals surface area contributed by atoms with Crippen LogP contribution in [-0.4, -0.2) is 49.1 Å². The third-order valence-electron chi connectivity index (χ3n) is 3.42. The minimum Gasteiger partial charge on any atom is -0.353 e. The van der Waals surface area contributed by atoms with E-state index in [1.54, 1.807) is 0 Å². The highest BCUT2D eigenvalue weighted by Crippen LogP contribution is 2.19. The van der Waals surface area contributed by atoms with Crippen molar-refractivity contribution in [2.45, 2.75) is 58.2 Å². The lowest BCUT2D eigenvalue weighted by atomic mass is 9.99. The van der Waals surface area contributed by atoms with Gasteiger partial charge in [-0.1, -0.05) is 6.42 Å². The van der Waals surface area contributed by atoms with Crippen molar-refractivity contribution in [3.63, 3.8) is 0 Å². The van der Waals surface area contributed by atoms with Gasteiger partial charge in [0.1, 0.15) is 0 Å². The van der Waals surface area contributed by atoms with Gasteiger partial charge in [-0.05, 0) is 47.2 Å². The summed E-state index contributed by atoms with van der Waals surface area (Å²) in [7, 11) is 1.98. The van der Waals surface area contributed by atoms with Crippen LogP contribution in [0.1, 0.15) is 40.0 Å². The van der Waals surface area contributed by atoms with Gasteiger partial charge in [0.25, 0.3) is 0 Å². The zero-order chi connectivity index (χ0) is 12.8. The molecule has 0 aromatic rings. The smallest absolute Gasteiger partial charge is 0.237 e. The molecule has 0 radical (unpaired) electrons. The zero-order valence-electron chi connectivity index (χ0n) is 11.6. The molecule has 0 saturated carbocycles. The molecular formula is C13H27N3O. The van der Waals surface area contributed by atoms with E-state index >= 15 is 0 Å². The van der Waals surface area contributed by atoms with Crippen LogP contribution in [0.2, 0.25) is 0 Å². The van der Waals surface area contributed by atoms with Gasteiger partial charge in [-0.15, -0.1) is 0 Å². The molecule has 0 aliphatic carbocycles. The van der Waals surface area contributed by atoms with Gasteiger partial charge in [0, 0.05) is 18.6 Å². The van der Waals surface area contributed by atoms with Crippen LogP contribution in [0, 0.1) is 0 Å². The predicted molar refractivity (Wildman–Crippen MR) is 71.0 cm³/mol. The quantitative estimate of drug-likeness (QED) is 0.754. The normalized spacial score (nSPS) is 23.7. The lowest BCUT2D eigenvalue weighted by Crippen LogP contribution is -2.54. The van der Waals surface area contributed by atoms with Crippen molar-refractivity contribution in [1.29, 1.82) is 0 Å². The average molecular weight is 241 g/mol. The first-order valence-electron chi connectivity index (χ1n) is 6.77. The Hall–Kier alpha value is -0.610. The molecule has 1 fully saturated rings. The summed E-state index contributed by atoms with van der Waals surface area (Å²) in [5.41, 5.74) is 0. The van der Waals surface area contributed by atoms with E-state index < -0.39 is 0 Å². The van der Waals surface area contributed by atoms with E-state index in [0.29, 0.717) is 6.04 Å². The van der Waals surface area contributed by atoms with Crippen molar-refractivity contribution in [3.05, 3.63) is 0 Å². The second-order valence-electron chi connectivity index (χ2n) is 5.28. The fourth-order valence-corrected chi connectivity index (χ4v) is 2.54. The van der Waals surface area contributed by atoms with Crippen LogP contribution >= 0.6 is 0 Å². The molecule has 2 unspecified atom stereocenters. The van der Waals surface area contributed by atoms with Crippen LogP contribution in [0.15, 0.2) is 0 Å². The number of rotatable bonds is 5. The Morgan fingerprint density at radius 2 is 2.06 bits per heavy atom. The number of likely N-dealkylation sites (N-methyl/N-ethyl adjacent to an activating group) is 1. The number of amides is 1. The molecule has 2 N–H and O–H groups in total. The van der Waals surface area contributed by atoms with Gasteiger partial charge in [-0.25, -0.2) is 0 Å². The lowest BCUT2D eigenvalue weighted by molar-refractivity contribution is -0.127. The van der Waals surface area contributed by atoms with Crippen molar-refractivity contribution in [2.24, 2.45) is 0 Å². The Morgan fingerprint density at radius 3 is 2.65 bits per heavy atom. The molecule has 0 aromatic heterocycles. The first-order valence-corrected chi connectivity index (χ1v) is 6.77. The second-order valence-corrected chi connectivity index (χ2v) is 5.28. The van der Waals surface area contributed by atoms with Crippen LogP contribution in [0.3, 0.4) is 0 Å². The number of nitrogens with zero attached hydrogens (tertiary/aromatic N) is 1. The Morgan fingerprint density at radius 1 is 1.35 bits per heavy atom. The summed E-state index contributed by atoms with van der Waals surface area (Å²) in [5, 5.41) is 6.23. The molecule has 4 heteroatoms. The number of hydrogen-bond acceptors (Lipinski definition) is 3. The first-order chi connectivity index (χ1) is 8.06. The van der Waals surface area contributed by atoms with Crippen LogP contribution in [0.5, 0.6) is 0 Å². The maximum Gasteiger partial charge on any atom is 0.237 e. The molecule has 1 aliphatic heterocycles. The molecule has 17 heavy (non-hydrogen) atoms. The Labute approximate surface area is 105 Å². The van der Waals surface area contributed by atoms with E-state index in [0.717, 1.165) is 13.1 Å². The molecule has 1 amide bonds. The van der Waals surface area contributed by atoms with Crippen molar-refractivity contribution < 1.29 is 4.79 Å². The van der Waals surface area contributed by atoms with Gasteiger partial charge in [0.15, 0.2) is 0 Å². The molecule has 4 nitrogen and oxygen atoms in total. The Bertz CT molecular complexity index is 241. The molecule has 1 saturated heterocycles. The van der Waals surface area contributed by atoms with Crippen LogP contribution < -0.4 is 10.6 Å². The largest absolute Gasteiger partial charge is 0.353 e. The van der Waals surface area contributed by atoms with E-state index in [9.17, 15) is 4.79 Å². The number of likely N-dealkylation sites (tertiary alicyclic amines) is 1. The second kappa shape index (κ2) is 6.97. The van der Waals surface area contributed by atoms with Crippen LogP contribution in [0.25, 0.3) is 0 Å². The van der Waals surface area contributed by atoms with Gasteiger partial charge in [0.2, 0.25) is 5.91 Å². The minimum absolute atomic E-state index is 0.0175. The van der Waals surface area contributed by atoms with Gasteiger partial charge in [0.05, 0.1) is 6.04 Å². The maximum atomic E-state index is 12.0. The molecule has 0 bridgehead atoms. The van der Waals surface area contributed by atoms with E-state index in [1.807, 2.05) is 27.8 Å². The fraction of sp³-hybridized carbons (Fsp3) is 0.923. The van der Waals surface area contributed by atoms with E-state index in [1.165, 1.54) is 19.3 Å². The summed E-state index contributed by atoms with van der Waals surface area (Å²) in [6.07, 6.45) is 3.68. The average Bonchev–Trinajstić information content (AvgIpc) is 2.28. The van der Waals surface area contributed by atoms with Crippen molar-refractivity contribution in [1.82, 2.24) is 15.5 Å². The standard InChI is InChI=1S/C13H27N3O/c1-10(2)15-13(17)11(3)16-8-6-5-7-12(16)9-14-4/h10-12,14H,5-9H2,1-4H3,(H,15,17). The number of carbonyl (C=O) groups is 1. The van der Waals surface area contributed by atoms with E-state index in [-0.39, 0.29) is 18.0 Å². The minimum atomic E-state index is -0.0175. The SMILES string of the molecule is CNCC1CCCCN1C(C)C(=O)NC(C)C.